The fourth-order valence-electron chi connectivity index (χ4n) is 2.10. The van der Waals surface area contributed by atoms with Crippen molar-refractivity contribution in [3.8, 4) is 0 Å². The number of hydrogen-bond acceptors (Lipinski definition) is 2. The van der Waals surface area contributed by atoms with Crippen LogP contribution in [0.4, 0.5) is 0 Å². The molecule has 3 heteroatoms. The van der Waals surface area contributed by atoms with Gasteiger partial charge in [0.1, 0.15) is 5.78 Å². The SMILES string of the molecule is Cc1ccc(C)c(C(=O)N2CCC(=O)CC2)c1. The minimum absolute atomic E-state index is 0.0544. The Morgan fingerprint density at radius 3 is 2.47 bits per heavy atom. The molecule has 0 radical (unpaired) electrons. The Balaban J connectivity index is 2.19. The minimum atomic E-state index is 0.0544. The lowest BCUT2D eigenvalue weighted by Crippen LogP contribution is -2.38. The molecular weight excluding hydrogens is 214 g/mol. The number of aryl methyl sites for hydroxylation is 2. The van der Waals surface area contributed by atoms with E-state index in [0.29, 0.717) is 25.9 Å². The van der Waals surface area contributed by atoms with Crippen molar-refractivity contribution in [2.45, 2.75) is 26.7 Å². The van der Waals surface area contributed by atoms with Gasteiger partial charge in [0, 0.05) is 31.5 Å². The topological polar surface area (TPSA) is 37.4 Å². The zero-order valence-electron chi connectivity index (χ0n) is 10.3. The Morgan fingerprint density at radius 2 is 1.82 bits per heavy atom. The molecule has 0 spiro atoms. The molecule has 2 rings (SSSR count). The van der Waals surface area contributed by atoms with E-state index >= 15 is 0 Å². The molecule has 0 aliphatic carbocycles. The van der Waals surface area contributed by atoms with E-state index in [4.69, 9.17) is 0 Å². The Bertz CT molecular complexity index is 455. The molecule has 1 aliphatic rings. The first kappa shape index (κ1) is 11.8. The second-order valence-corrected chi connectivity index (χ2v) is 4.65. The number of carbonyl (C=O) groups excluding carboxylic acids is 2. The van der Waals surface area contributed by atoms with E-state index in [0.717, 1.165) is 16.7 Å². The maximum absolute atomic E-state index is 12.3. The first-order valence-corrected chi connectivity index (χ1v) is 5.96. The first-order valence-electron chi connectivity index (χ1n) is 5.96. The lowest BCUT2D eigenvalue weighted by molar-refractivity contribution is -0.120. The van der Waals surface area contributed by atoms with Crippen molar-refractivity contribution in [1.29, 1.82) is 0 Å². The highest BCUT2D eigenvalue weighted by molar-refractivity contribution is 5.96. The van der Waals surface area contributed by atoms with Crippen LogP contribution in [-0.4, -0.2) is 29.7 Å². The van der Waals surface area contributed by atoms with Crippen LogP contribution in [0.25, 0.3) is 0 Å². The van der Waals surface area contributed by atoms with Gasteiger partial charge in [-0.25, -0.2) is 0 Å². The van der Waals surface area contributed by atoms with Crippen molar-refractivity contribution in [3.63, 3.8) is 0 Å². The Labute approximate surface area is 101 Å². The standard InChI is InChI=1S/C14H17NO2/c1-10-3-4-11(2)13(9-10)14(17)15-7-5-12(16)6-8-15/h3-4,9H,5-8H2,1-2H3. The van der Waals surface area contributed by atoms with Gasteiger partial charge in [-0.1, -0.05) is 17.7 Å². The molecule has 3 nitrogen and oxygen atoms in total. The third-order valence-corrected chi connectivity index (χ3v) is 3.23. The van der Waals surface area contributed by atoms with E-state index in [1.54, 1.807) is 4.90 Å². The molecule has 0 saturated carbocycles. The molecule has 1 aliphatic heterocycles. The molecule has 1 fully saturated rings. The largest absolute Gasteiger partial charge is 0.338 e. The van der Waals surface area contributed by atoms with E-state index in [2.05, 4.69) is 0 Å². The maximum Gasteiger partial charge on any atom is 0.254 e. The van der Waals surface area contributed by atoms with E-state index in [1.807, 2.05) is 32.0 Å². The zero-order chi connectivity index (χ0) is 12.4. The number of rotatable bonds is 1. The number of piperidine rings is 1. The number of ketones is 1. The molecule has 0 unspecified atom stereocenters. The van der Waals surface area contributed by atoms with Crippen LogP contribution in [0.15, 0.2) is 18.2 Å². The predicted octanol–water partition coefficient (Wildman–Crippen LogP) is 2.11. The van der Waals surface area contributed by atoms with Crippen LogP contribution in [0.1, 0.15) is 34.3 Å². The minimum Gasteiger partial charge on any atom is -0.338 e. The lowest BCUT2D eigenvalue weighted by atomic mass is 10.0. The Kier molecular flexibility index (Phi) is 3.27. The summed E-state index contributed by atoms with van der Waals surface area (Å²) >= 11 is 0. The second-order valence-electron chi connectivity index (χ2n) is 4.65. The molecule has 0 aromatic heterocycles. The predicted molar refractivity (Wildman–Crippen MR) is 66.1 cm³/mol. The van der Waals surface area contributed by atoms with E-state index in [1.165, 1.54) is 0 Å². The number of Topliss-reactive ketones (excluding diaryl/α,β-unsaturated/α-hetero) is 1. The normalized spacial score (nSPS) is 16.1. The van der Waals surface area contributed by atoms with Gasteiger partial charge in [0.2, 0.25) is 0 Å². The number of carbonyl (C=O) groups is 2. The number of likely N-dealkylation sites (tertiary alicyclic amines) is 1. The van der Waals surface area contributed by atoms with Gasteiger partial charge in [0.25, 0.3) is 5.91 Å². The molecule has 1 aromatic rings. The summed E-state index contributed by atoms with van der Waals surface area (Å²) in [6.45, 7) is 5.05. The molecule has 0 bridgehead atoms. The third-order valence-electron chi connectivity index (χ3n) is 3.23. The smallest absolute Gasteiger partial charge is 0.254 e. The van der Waals surface area contributed by atoms with Crippen molar-refractivity contribution < 1.29 is 9.59 Å². The summed E-state index contributed by atoms with van der Waals surface area (Å²) in [7, 11) is 0. The summed E-state index contributed by atoms with van der Waals surface area (Å²) in [4.78, 5) is 25.2. The fourth-order valence-corrected chi connectivity index (χ4v) is 2.10. The van der Waals surface area contributed by atoms with Gasteiger partial charge in [-0.15, -0.1) is 0 Å². The average molecular weight is 231 g/mol. The fraction of sp³-hybridized carbons (Fsp3) is 0.429. The van der Waals surface area contributed by atoms with Gasteiger partial charge in [0.15, 0.2) is 0 Å². The quantitative estimate of drug-likeness (QED) is 0.742. The molecule has 1 aromatic carbocycles. The molecule has 90 valence electrons. The zero-order valence-corrected chi connectivity index (χ0v) is 10.3. The van der Waals surface area contributed by atoms with Crippen molar-refractivity contribution in [2.24, 2.45) is 0 Å². The lowest BCUT2D eigenvalue weighted by Gasteiger charge is -2.26. The van der Waals surface area contributed by atoms with E-state index in [9.17, 15) is 9.59 Å². The summed E-state index contributed by atoms with van der Waals surface area (Å²) in [5, 5.41) is 0. The highest BCUT2D eigenvalue weighted by atomic mass is 16.2. The van der Waals surface area contributed by atoms with Crippen LogP contribution in [-0.2, 0) is 4.79 Å². The molecule has 1 amide bonds. The summed E-state index contributed by atoms with van der Waals surface area (Å²) in [6.07, 6.45) is 0.993. The van der Waals surface area contributed by atoms with Crippen LogP contribution < -0.4 is 0 Å². The maximum atomic E-state index is 12.3. The number of benzene rings is 1. The van der Waals surface area contributed by atoms with Gasteiger partial charge in [-0.3, -0.25) is 9.59 Å². The summed E-state index contributed by atoms with van der Waals surface area (Å²) in [5.74, 6) is 0.314. The van der Waals surface area contributed by atoms with E-state index in [-0.39, 0.29) is 11.7 Å². The molecule has 0 N–H and O–H groups in total. The molecular formula is C14H17NO2. The average Bonchev–Trinajstić information content (AvgIpc) is 2.32. The van der Waals surface area contributed by atoms with Gasteiger partial charge >= 0.3 is 0 Å². The monoisotopic (exact) mass is 231 g/mol. The highest BCUT2D eigenvalue weighted by Gasteiger charge is 2.22. The van der Waals surface area contributed by atoms with Crippen LogP contribution in [0.3, 0.4) is 0 Å². The van der Waals surface area contributed by atoms with E-state index < -0.39 is 0 Å². The summed E-state index contributed by atoms with van der Waals surface area (Å²) in [6, 6.07) is 5.90. The molecule has 1 heterocycles. The van der Waals surface area contributed by atoms with Crippen LogP contribution in [0, 0.1) is 13.8 Å². The van der Waals surface area contributed by atoms with Gasteiger partial charge in [-0.2, -0.15) is 0 Å². The van der Waals surface area contributed by atoms with Gasteiger partial charge < -0.3 is 4.90 Å². The van der Waals surface area contributed by atoms with Crippen molar-refractivity contribution in [3.05, 3.63) is 34.9 Å². The first-order chi connectivity index (χ1) is 8.08. The van der Waals surface area contributed by atoms with Crippen molar-refractivity contribution in [2.75, 3.05) is 13.1 Å². The number of nitrogens with zero attached hydrogens (tertiary/aromatic N) is 1. The number of amides is 1. The molecule has 0 atom stereocenters. The summed E-state index contributed by atoms with van der Waals surface area (Å²) in [5.41, 5.74) is 2.85. The molecule has 17 heavy (non-hydrogen) atoms. The molecule has 1 saturated heterocycles. The van der Waals surface area contributed by atoms with Crippen molar-refractivity contribution in [1.82, 2.24) is 4.90 Å². The van der Waals surface area contributed by atoms with Crippen LogP contribution >= 0.6 is 0 Å². The Morgan fingerprint density at radius 1 is 1.18 bits per heavy atom. The second kappa shape index (κ2) is 4.70. The number of hydrogen-bond donors (Lipinski definition) is 0. The van der Waals surface area contributed by atoms with Gasteiger partial charge in [-0.05, 0) is 25.5 Å². The van der Waals surface area contributed by atoms with Gasteiger partial charge in [0.05, 0.1) is 0 Å². The Hall–Kier alpha value is -1.64. The van der Waals surface area contributed by atoms with Crippen LogP contribution in [0.2, 0.25) is 0 Å². The third kappa shape index (κ3) is 2.54. The van der Waals surface area contributed by atoms with Crippen molar-refractivity contribution >= 4 is 11.7 Å². The van der Waals surface area contributed by atoms with Crippen LogP contribution in [0.5, 0.6) is 0 Å². The summed E-state index contributed by atoms with van der Waals surface area (Å²) < 4.78 is 0. The highest BCUT2D eigenvalue weighted by Crippen LogP contribution is 2.16.